The maximum absolute atomic E-state index is 12.2. The number of phosphoric acid groups is 3. The zero-order chi connectivity index (χ0) is 28.2. The topological polar surface area (TPSA) is 288 Å². The molecule has 2 aromatic rings. The van der Waals surface area contributed by atoms with Gasteiger partial charge < -0.3 is 45.9 Å². The first kappa shape index (κ1) is 25.1. The zero-order valence-electron chi connectivity index (χ0n) is 19.1. The molecule has 1 fully saturated rings. The summed E-state index contributed by atoms with van der Waals surface area (Å²) in [6.07, 6.45) is -4.77. The first-order valence-electron chi connectivity index (χ1n) is 9.84. The van der Waals surface area contributed by atoms with Crippen molar-refractivity contribution in [3.05, 3.63) is 11.0 Å². The Morgan fingerprint density at radius 2 is 2.00 bits per heavy atom. The Morgan fingerprint density at radius 3 is 2.60 bits per heavy atom. The van der Waals surface area contributed by atoms with E-state index < -0.39 is 54.0 Å². The quantitative estimate of drug-likeness (QED) is 0.110. The zero-order valence-corrected chi connectivity index (χ0v) is 20.6. The molecule has 2 aromatic heterocycles. The summed E-state index contributed by atoms with van der Waals surface area (Å²) in [4.78, 5) is 46.8. The molecule has 22 heteroatoms. The molecule has 0 bridgehead atoms. The first-order chi connectivity index (χ1) is 16.7. The van der Waals surface area contributed by atoms with Crippen LogP contribution in [0.2, 0.25) is 0 Å². The number of nitrogens with zero attached hydrogens (tertiary/aromatic N) is 3. The molecule has 18 nitrogen and oxygen atoms in total. The number of aliphatic hydroxyl groups is 1. The number of aromatic amines is 1. The normalized spacial score (nSPS) is 29.5. The SMILES string of the molecule is [2H]C([2H])(OP(=O)(O)OP(=O)(O)OP(=O)(O)O)[C@H]1O[C@@H](n2cnc3c(=S)nc(N)[nH]c32)C(N)(C#CC)[C@H]1O. The van der Waals surface area contributed by atoms with Gasteiger partial charge in [-0.2, -0.15) is 8.62 Å². The Balaban J connectivity index is 1.99. The summed E-state index contributed by atoms with van der Waals surface area (Å²) in [6.45, 7) is -2.18. The summed E-state index contributed by atoms with van der Waals surface area (Å²) in [5, 5.41) is 10.9. The van der Waals surface area contributed by atoms with Crippen molar-refractivity contribution in [1.82, 2.24) is 19.5 Å². The number of aliphatic hydroxyl groups excluding tert-OH is 1. The molecule has 0 saturated carbocycles. The van der Waals surface area contributed by atoms with Gasteiger partial charge in [0.15, 0.2) is 22.4 Å². The monoisotopic (exact) mass is 578 g/mol. The largest absolute Gasteiger partial charge is 0.490 e. The van der Waals surface area contributed by atoms with E-state index in [1.165, 1.54) is 6.92 Å². The number of rotatable bonds is 8. The Morgan fingerprint density at radius 1 is 1.34 bits per heavy atom. The summed E-state index contributed by atoms with van der Waals surface area (Å²) >= 11 is 5.09. The summed E-state index contributed by atoms with van der Waals surface area (Å²) in [7, 11) is -17.6. The predicted molar refractivity (Wildman–Crippen MR) is 117 cm³/mol. The van der Waals surface area contributed by atoms with Crippen LogP contribution in [0.25, 0.3) is 11.2 Å². The standard InChI is InChI=1S/C13H19N6O12P3S/c1-2-3-13(15)8(20)6(4-28-33(24,25)31-34(26,27)30-32(21,22)23)29-11(13)19-5-16-7-9(19)17-12(14)18-10(7)35/h5-6,8,11,20H,4,15H2,1H3,(H,24,25)(H,26,27)(H2,21,22,23)(H3,14,17,18,35)/t6-,8+,11-,13?/m1/s1/i4D2. The second-order valence-corrected chi connectivity index (χ2v) is 11.5. The van der Waals surface area contributed by atoms with Crippen molar-refractivity contribution < 1.29 is 59.0 Å². The van der Waals surface area contributed by atoms with Crippen molar-refractivity contribution in [2.45, 2.75) is 30.9 Å². The molecule has 1 aliphatic rings. The van der Waals surface area contributed by atoms with E-state index in [-0.39, 0.29) is 21.8 Å². The minimum absolute atomic E-state index is 0.0210. The number of hydrogen-bond donors (Lipinski definition) is 8. The maximum Gasteiger partial charge on any atom is 0.490 e. The minimum Gasteiger partial charge on any atom is -0.387 e. The van der Waals surface area contributed by atoms with Crippen molar-refractivity contribution in [3.63, 3.8) is 0 Å². The first-order valence-corrected chi connectivity index (χ1v) is 13.8. The van der Waals surface area contributed by atoms with Crippen LogP contribution in [0.4, 0.5) is 5.95 Å². The molecule has 3 unspecified atom stereocenters. The molecule has 1 saturated heterocycles. The lowest BCUT2D eigenvalue weighted by Gasteiger charge is -2.27. The number of anilines is 1. The summed E-state index contributed by atoms with van der Waals surface area (Å²) in [5.74, 6) is 4.78. The van der Waals surface area contributed by atoms with Crippen molar-refractivity contribution >= 4 is 52.8 Å². The van der Waals surface area contributed by atoms with Gasteiger partial charge in [0, 0.05) is 0 Å². The van der Waals surface area contributed by atoms with Crippen LogP contribution in [0, 0.1) is 16.5 Å². The molecular weight excluding hydrogens is 557 g/mol. The highest BCUT2D eigenvalue weighted by molar-refractivity contribution is 7.71. The molecule has 0 aliphatic carbocycles. The molecule has 3 rings (SSSR count). The lowest BCUT2D eigenvalue weighted by Crippen LogP contribution is -2.53. The summed E-state index contributed by atoms with van der Waals surface area (Å²) in [5.41, 5.74) is 10.0. The van der Waals surface area contributed by atoms with Gasteiger partial charge in [-0.15, -0.1) is 5.92 Å². The van der Waals surface area contributed by atoms with E-state index in [9.17, 15) is 28.6 Å². The number of nitrogen functional groups attached to an aromatic ring is 1. The Kier molecular flexibility index (Phi) is 6.96. The van der Waals surface area contributed by atoms with Crippen LogP contribution in [0.5, 0.6) is 0 Å². The van der Waals surface area contributed by atoms with Crippen molar-refractivity contribution in [2.24, 2.45) is 5.73 Å². The number of nitrogens with one attached hydrogen (secondary N) is 1. The van der Waals surface area contributed by atoms with Crippen molar-refractivity contribution in [2.75, 3.05) is 12.3 Å². The fourth-order valence-corrected chi connectivity index (χ4v) is 6.13. The number of phosphoric ester groups is 1. The minimum atomic E-state index is -5.98. The van der Waals surface area contributed by atoms with Crippen LogP contribution in [-0.4, -0.2) is 68.5 Å². The van der Waals surface area contributed by atoms with E-state index in [2.05, 4.69) is 39.9 Å². The molecule has 3 heterocycles. The number of hydrogen-bond acceptors (Lipinski definition) is 13. The average molecular weight is 578 g/mol. The number of fused-ring (bicyclic) bond motifs is 1. The van der Waals surface area contributed by atoms with Gasteiger partial charge in [0.1, 0.15) is 23.4 Å². The average Bonchev–Trinajstić information content (AvgIpc) is 3.18. The Labute approximate surface area is 203 Å². The van der Waals surface area contributed by atoms with Gasteiger partial charge in [0.2, 0.25) is 0 Å². The highest BCUT2D eigenvalue weighted by Crippen LogP contribution is 2.66. The fraction of sp³-hybridized carbons (Fsp3) is 0.462. The fourth-order valence-electron chi connectivity index (χ4n) is 3.01. The molecule has 0 spiro atoms. The molecule has 10 N–H and O–H groups in total. The highest BCUT2D eigenvalue weighted by atomic mass is 32.1. The number of aromatic nitrogens is 4. The van der Waals surface area contributed by atoms with E-state index in [1.54, 1.807) is 0 Å². The smallest absolute Gasteiger partial charge is 0.387 e. The molecular formula is C13H19N6O12P3S. The predicted octanol–water partition coefficient (Wildman–Crippen LogP) is -0.607. The van der Waals surface area contributed by atoms with Crippen molar-refractivity contribution in [1.29, 1.82) is 0 Å². The Hall–Kier alpha value is -1.58. The van der Waals surface area contributed by atoms with Crippen molar-refractivity contribution in [3.8, 4) is 11.8 Å². The number of ether oxygens (including phenoxy) is 1. The third-order valence-corrected chi connectivity index (χ3v) is 8.17. The number of H-pyrrole nitrogens is 1. The van der Waals surface area contributed by atoms with Crippen LogP contribution >= 0.6 is 35.7 Å². The van der Waals surface area contributed by atoms with Gasteiger partial charge in [-0.05, 0) is 6.92 Å². The second kappa shape index (κ2) is 9.71. The van der Waals surface area contributed by atoms with Gasteiger partial charge in [-0.3, -0.25) is 9.09 Å². The molecule has 0 radical (unpaired) electrons. The number of nitrogens with two attached hydrogens (primary N) is 2. The van der Waals surface area contributed by atoms with E-state index in [0.717, 1.165) is 10.9 Å². The van der Waals surface area contributed by atoms with Gasteiger partial charge in [-0.1, -0.05) is 18.1 Å². The van der Waals surface area contributed by atoms with Gasteiger partial charge >= 0.3 is 23.5 Å². The molecule has 0 amide bonds. The second-order valence-electron chi connectivity index (χ2n) is 6.74. The van der Waals surface area contributed by atoms with E-state index in [4.69, 9.17) is 41.0 Å². The van der Waals surface area contributed by atoms with Crippen LogP contribution < -0.4 is 11.5 Å². The van der Waals surface area contributed by atoms with Gasteiger partial charge in [-0.25, -0.2) is 23.7 Å². The van der Waals surface area contributed by atoms with Crippen LogP contribution in [-0.2, 0) is 31.6 Å². The molecule has 35 heavy (non-hydrogen) atoms. The number of imidazole rings is 1. The third kappa shape index (κ3) is 6.23. The van der Waals surface area contributed by atoms with Crippen LogP contribution in [0.3, 0.4) is 0 Å². The van der Waals surface area contributed by atoms with Gasteiger partial charge in [0.05, 0.1) is 15.6 Å². The van der Waals surface area contributed by atoms with E-state index in [0.29, 0.717) is 0 Å². The lowest BCUT2D eigenvalue weighted by atomic mass is 9.91. The van der Waals surface area contributed by atoms with E-state index in [1.807, 2.05) is 0 Å². The van der Waals surface area contributed by atoms with Crippen LogP contribution in [0.15, 0.2) is 6.33 Å². The van der Waals surface area contributed by atoms with E-state index >= 15 is 0 Å². The summed E-state index contributed by atoms with van der Waals surface area (Å²) < 4.78 is 68.7. The molecule has 0 aromatic carbocycles. The lowest BCUT2D eigenvalue weighted by molar-refractivity contribution is -0.0438. The van der Waals surface area contributed by atoms with Crippen LogP contribution in [0.1, 0.15) is 15.9 Å². The summed E-state index contributed by atoms with van der Waals surface area (Å²) in [6, 6.07) is 0. The highest BCUT2D eigenvalue weighted by Gasteiger charge is 2.55. The third-order valence-electron chi connectivity index (χ3n) is 4.22. The molecule has 1 aliphatic heterocycles. The molecule has 194 valence electrons. The Bertz CT molecular complexity index is 1490. The van der Waals surface area contributed by atoms with Gasteiger partial charge in [0.25, 0.3) is 0 Å². The molecule has 6 atom stereocenters. The maximum atomic E-state index is 12.2.